The minimum atomic E-state index is -1.06. The summed E-state index contributed by atoms with van der Waals surface area (Å²) in [6.07, 6.45) is 0.928. The van der Waals surface area contributed by atoms with Gasteiger partial charge in [-0.25, -0.2) is 9.59 Å². The van der Waals surface area contributed by atoms with Crippen LogP contribution in [-0.2, 0) is 28.5 Å². The lowest BCUT2D eigenvalue weighted by molar-refractivity contribution is -0.243. The Morgan fingerprint density at radius 3 is 2.69 bits per heavy atom. The molecule has 1 aromatic carbocycles. The van der Waals surface area contributed by atoms with Gasteiger partial charge in [-0.05, 0) is 54.2 Å². The number of rotatable bonds is 11. The van der Waals surface area contributed by atoms with E-state index in [0.29, 0.717) is 22.2 Å². The van der Waals surface area contributed by atoms with E-state index in [2.05, 4.69) is 29.4 Å². The molecule has 32 heavy (non-hydrogen) atoms. The lowest BCUT2D eigenvalue weighted by atomic mass is 10.1. The lowest BCUT2D eigenvalue weighted by Crippen LogP contribution is -2.31. The van der Waals surface area contributed by atoms with Gasteiger partial charge in [-0.3, -0.25) is 0 Å². The van der Waals surface area contributed by atoms with Gasteiger partial charge in [0.15, 0.2) is 6.29 Å². The van der Waals surface area contributed by atoms with Gasteiger partial charge < -0.3 is 28.8 Å². The standard InChI is InChI=1S/C23H31BrO8/c1-5-14(3)22(27)29-12-17(25)11-28-13-21(26)32-20-8-7-16(10-19(20)24)23-30-15(4)9-18(6-2)31-23/h7-8,10,15,17-18,23,25H,3,5-6,9,11-13H2,1-2,4H3. The van der Waals surface area contributed by atoms with Gasteiger partial charge in [0.1, 0.15) is 25.1 Å². The SMILES string of the molecule is C=C(CC)C(=O)OCC(O)COCC(=O)Oc1ccc(C2OC(C)CC(CC)O2)cc1Br. The molecule has 0 bridgehead atoms. The number of hydrogen-bond donors (Lipinski definition) is 1. The molecule has 0 aliphatic carbocycles. The maximum Gasteiger partial charge on any atom is 0.337 e. The van der Waals surface area contributed by atoms with Crippen molar-refractivity contribution < 1.29 is 38.4 Å². The smallest absolute Gasteiger partial charge is 0.337 e. The van der Waals surface area contributed by atoms with Crippen molar-refractivity contribution in [3.63, 3.8) is 0 Å². The summed E-state index contributed by atoms with van der Waals surface area (Å²) in [4.78, 5) is 23.6. The van der Waals surface area contributed by atoms with Crippen LogP contribution in [0.3, 0.4) is 0 Å². The number of benzene rings is 1. The Hall–Kier alpha value is -1.78. The van der Waals surface area contributed by atoms with Crippen molar-refractivity contribution in [1.82, 2.24) is 0 Å². The van der Waals surface area contributed by atoms with Crippen molar-refractivity contribution in [2.75, 3.05) is 19.8 Å². The van der Waals surface area contributed by atoms with Crippen LogP contribution in [-0.4, -0.2) is 55.2 Å². The number of carbonyl (C=O) groups excluding carboxylic acids is 2. The van der Waals surface area contributed by atoms with E-state index in [9.17, 15) is 14.7 Å². The van der Waals surface area contributed by atoms with Crippen LogP contribution in [0.1, 0.15) is 51.9 Å². The van der Waals surface area contributed by atoms with E-state index < -0.39 is 24.3 Å². The molecule has 0 amide bonds. The molecular formula is C23H31BrO8. The van der Waals surface area contributed by atoms with Crippen molar-refractivity contribution >= 4 is 27.9 Å². The van der Waals surface area contributed by atoms with Crippen LogP contribution in [0.25, 0.3) is 0 Å². The van der Waals surface area contributed by atoms with E-state index in [1.807, 2.05) is 6.92 Å². The largest absolute Gasteiger partial charge is 0.459 e. The summed E-state index contributed by atoms with van der Waals surface area (Å²) in [6, 6.07) is 5.23. The predicted octanol–water partition coefficient (Wildman–Crippen LogP) is 3.84. The minimum absolute atomic E-state index is 0.0940. The normalized spacial score (nSPS) is 21.6. The van der Waals surface area contributed by atoms with E-state index >= 15 is 0 Å². The Balaban J connectivity index is 1.78. The van der Waals surface area contributed by atoms with Crippen molar-refractivity contribution in [2.24, 2.45) is 0 Å². The summed E-state index contributed by atoms with van der Waals surface area (Å²) in [5.41, 5.74) is 1.14. The van der Waals surface area contributed by atoms with E-state index in [0.717, 1.165) is 18.4 Å². The Bertz CT molecular complexity index is 796. The molecule has 1 heterocycles. The zero-order valence-electron chi connectivity index (χ0n) is 18.7. The van der Waals surface area contributed by atoms with Crippen LogP contribution < -0.4 is 4.74 Å². The number of aliphatic hydroxyl groups excluding tert-OH is 1. The molecule has 1 aliphatic heterocycles. The third-order valence-corrected chi connectivity index (χ3v) is 5.45. The number of hydrogen-bond acceptors (Lipinski definition) is 8. The minimum Gasteiger partial charge on any atom is -0.459 e. The van der Waals surface area contributed by atoms with Gasteiger partial charge >= 0.3 is 11.9 Å². The second-order valence-electron chi connectivity index (χ2n) is 7.57. The molecule has 2 rings (SSSR count). The van der Waals surface area contributed by atoms with E-state index in [1.165, 1.54) is 0 Å². The Labute approximate surface area is 196 Å². The van der Waals surface area contributed by atoms with Crippen molar-refractivity contribution in [3.05, 3.63) is 40.4 Å². The zero-order valence-corrected chi connectivity index (χ0v) is 20.3. The van der Waals surface area contributed by atoms with E-state index in [1.54, 1.807) is 25.1 Å². The Kier molecular flexibility index (Phi) is 10.8. The highest BCUT2D eigenvalue weighted by Crippen LogP contribution is 2.35. The molecule has 8 nitrogen and oxygen atoms in total. The average molecular weight is 515 g/mol. The quantitative estimate of drug-likeness (QED) is 0.270. The number of ether oxygens (including phenoxy) is 5. The molecular weight excluding hydrogens is 484 g/mol. The molecule has 1 N–H and O–H groups in total. The van der Waals surface area contributed by atoms with Gasteiger partial charge in [-0.1, -0.05) is 26.5 Å². The summed E-state index contributed by atoms with van der Waals surface area (Å²) in [5.74, 6) is -0.874. The summed E-state index contributed by atoms with van der Waals surface area (Å²) < 4.78 is 27.8. The molecule has 0 saturated carbocycles. The summed E-state index contributed by atoms with van der Waals surface area (Å²) in [7, 11) is 0. The summed E-state index contributed by atoms with van der Waals surface area (Å²) in [5, 5.41) is 9.79. The van der Waals surface area contributed by atoms with Crippen LogP contribution in [0.2, 0.25) is 0 Å². The average Bonchev–Trinajstić information content (AvgIpc) is 2.77. The maximum absolute atomic E-state index is 12.1. The number of halogens is 1. The predicted molar refractivity (Wildman–Crippen MR) is 120 cm³/mol. The Morgan fingerprint density at radius 1 is 1.28 bits per heavy atom. The third kappa shape index (κ3) is 8.29. The van der Waals surface area contributed by atoms with Crippen LogP contribution in [0.15, 0.2) is 34.8 Å². The third-order valence-electron chi connectivity index (χ3n) is 4.83. The highest BCUT2D eigenvalue weighted by molar-refractivity contribution is 9.10. The maximum atomic E-state index is 12.1. The molecule has 1 fully saturated rings. The number of esters is 2. The highest BCUT2D eigenvalue weighted by atomic mass is 79.9. The van der Waals surface area contributed by atoms with Crippen LogP contribution >= 0.6 is 15.9 Å². The molecule has 4 atom stereocenters. The fraction of sp³-hybridized carbons (Fsp3) is 0.565. The highest BCUT2D eigenvalue weighted by Gasteiger charge is 2.28. The first-order valence-corrected chi connectivity index (χ1v) is 11.4. The van der Waals surface area contributed by atoms with Gasteiger partial charge in [-0.15, -0.1) is 0 Å². The fourth-order valence-electron chi connectivity index (χ4n) is 2.96. The molecule has 178 valence electrons. The summed E-state index contributed by atoms with van der Waals surface area (Å²) in [6.45, 7) is 8.63. The molecule has 1 aromatic rings. The van der Waals surface area contributed by atoms with Gasteiger partial charge in [0.05, 0.1) is 23.3 Å². The van der Waals surface area contributed by atoms with Gasteiger partial charge in [0.2, 0.25) is 0 Å². The zero-order chi connectivity index (χ0) is 23.7. The molecule has 4 unspecified atom stereocenters. The number of aliphatic hydroxyl groups is 1. The van der Waals surface area contributed by atoms with E-state index in [4.69, 9.17) is 23.7 Å². The van der Waals surface area contributed by atoms with Crippen LogP contribution in [0.4, 0.5) is 0 Å². The first kappa shape index (κ1) is 26.5. The van der Waals surface area contributed by atoms with E-state index in [-0.39, 0.29) is 32.0 Å². The molecule has 1 aliphatic rings. The summed E-state index contributed by atoms with van der Waals surface area (Å²) >= 11 is 3.41. The molecule has 0 radical (unpaired) electrons. The second-order valence-corrected chi connectivity index (χ2v) is 8.42. The molecule has 9 heteroatoms. The number of carbonyl (C=O) groups is 2. The molecule has 1 saturated heterocycles. The second kappa shape index (κ2) is 13.1. The molecule has 0 spiro atoms. The van der Waals surface area contributed by atoms with Crippen molar-refractivity contribution in [2.45, 2.75) is 64.6 Å². The van der Waals surface area contributed by atoms with Gasteiger partial charge in [-0.2, -0.15) is 0 Å². The van der Waals surface area contributed by atoms with Crippen LogP contribution in [0.5, 0.6) is 5.75 Å². The molecule has 0 aromatic heterocycles. The lowest BCUT2D eigenvalue weighted by Gasteiger charge is -2.34. The first-order valence-electron chi connectivity index (χ1n) is 10.6. The monoisotopic (exact) mass is 514 g/mol. The van der Waals surface area contributed by atoms with Gasteiger partial charge in [0, 0.05) is 11.1 Å². The van der Waals surface area contributed by atoms with Crippen LogP contribution in [0, 0.1) is 0 Å². The van der Waals surface area contributed by atoms with Crippen molar-refractivity contribution in [3.8, 4) is 5.75 Å². The fourth-order valence-corrected chi connectivity index (χ4v) is 3.44. The first-order chi connectivity index (χ1) is 15.2. The topological polar surface area (TPSA) is 101 Å². The Morgan fingerprint density at radius 2 is 2.03 bits per heavy atom. The van der Waals surface area contributed by atoms with Gasteiger partial charge in [0.25, 0.3) is 0 Å². The van der Waals surface area contributed by atoms with Crippen molar-refractivity contribution in [1.29, 1.82) is 0 Å².